The van der Waals surface area contributed by atoms with E-state index in [1.165, 1.54) is 19.2 Å². The van der Waals surface area contributed by atoms with Crippen LogP contribution in [0.2, 0.25) is 0 Å². The maximum absolute atomic E-state index is 9.11. The fourth-order valence-electron chi connectivity index (χ4n) is 1.29. The van der Waals surface area contributed by atoms with E-state index in [1.54, 1.807) is 0 Å². The molecule has 0 aromatic carbocycles. The molecule has 0 spiro atoms. The Bertz CT molecular complexity index is 135. The molecule has 2 unspecified atom stereocenters. The average molecular weight is 186 g/mol. The number of unbranched alkanes of at least 4 members (excludes halogenated alkanes) is 1. The molecule has 0 aromatic heterocycles. The second kappa shape index (κ2) is 8.05. The Hall–Kier alpha value is -0.570. The number of hydrogen-bond donors (Lipinski definition) is 2. The second-order valence-electron chi connectivity index (χ2n) is 3.52. The van der Waals surface area contributed by atoms with Crippen molar-refractivity contribution in [1.82, 2.24) is 0 Å². The van der Waals surface area contributed by atoms with Gasteiger partial charge in [-0.25, -0.2) is 0 Å². The van der Waals surface area contributed by atoms with Crippen LogP contribution in [0.25, 0.3) is 0 Å². The molecule has 3 N–H and O–H groups in total. The van der Waals surface area contributed by atoms with Crippen molar-refractivity contribution < 1.29 is 5.11 Å². The molecule has 0 aliphatic heterocycles. The number of nitrogens with zero attached hydrogens (tertiary/aromatic N) is 1. The topological polar surface area (TPSA) is 58.6 Å². The van der Waals surface area contributed by atoms with Crippen LogP contribution in [0, 0.1) is 0 Å². The van der Waals surface area contributed by atoms with E-state index in [4.69, 9.17) is 10.8 Å². The van der Waals surface area contributed by atoms with E-state index in [1.807, 2.05) is 6.92 Å². The summed E-state index contributed by atoms with van der Waals surface area (Å²) >= 11 is 0. The van der Waals surface area contributed by atoms with Crippen molar-refractivity contribution in [1.29, 1.82) is 0 Å². The van der Waals surface area contributed by atoms with E-state index in [-0.39, 0.29) is 6.10 Å². The molecule has 0 amide bonds. The smallest absolute Gasteiger partial charge is 0.0801 e. The molecule has 0 fully saturated rings. The molecule has 13 heavy (non-hydrogen) atoms. The molecule has 3 heteroatoms. The highest BCUT2D eigenvalue weighted by Gasteiger charge is 2.06. The maximum atomic E-state index is 9.11. The first-order chi connectivity index (χ1) is 6.20. The average Bonchev–Trinajstić information content (AvgIpc) is 2.09. The zero-order valence-corrected chi connectivity index (χ0v) is 8.74. The molecule has 0 bridgehead atoms. The van der Waals surface area contributed by atoms with E-state index in [0.717, 1.165) is 19.3 Å². The number of nitrogens with two attached hydrogens (primary N) is 1. The van der Waals surface area contributed by atoms with Gasteiger partial charge in [-0.3, -0.25) is 4.99 Å². The SMILES string of the molecule is CCCCC(CCC(C)O)N=CN. The van der Waals surface area contributed by atoms with Gasteiger partial charge in [0.25, 0.3) is 0 Å². The van der Waals surface area contributed by atoms with Crippen molar-refractivity contribution >= 4 is 6.34 Å². The fourth-order valence-corrected chi connectivity index (χ4v) is 1.29. The Morgan fingerprint density at radius 2 is 2.08 bits per heavy atom. The summed E-state index contributed by atoms with van der Waals surface area (Å²) in [6, 6.07) is 0.305. The monoisotopic (exact) mass is 186 g/mol. The second-order valence-corrected chi connectivity index (χ2v) is 3.52. The number of hydrogen-bond acceptors (Lipinski definition) is 2. The van der Waals surface area contributed by atoms with Gasteiger partial charge in [0.05, 0.1) is 18.5 Å². The lowest BCUT2D eigenvalue weighted by atomic mass is 10.0. The fraction of sp³-hybridized carbons (Fsp3) is 0.900. The van der Waals surface area contributed by atoms with Gasteiger partial charge in [0, 0.05) is 0 Å². The Balaban J connectivity index is 3.66. The summed E-state index contributed by atoms with van der Waals surface area (Å²) in [5.41, 5.74) is 5.25. The van der Waals surface area contributed by atoms with Gasteiger partial charge >= 0.3 is 0 Å². The minimum atomic E-state index is -0.225. The zero-order valence-electron chi connectivity index (χ0n) is 8.74. The third kappa shape index (κ3) is 7.78. The number of aliphatic hydroxyl groups is 1. The molecule has 0 saturated heterocycles. The van der Waals surface area contributed by atoms with E-state index in [2.05, 4.69) is 11.9 Å². The van der Waals surface area contributed by atoms with Crippen LogP contribution in [-0.2, 0) is 0 Å². The summed E-state index contributed by atoms with van der Waals surface area (Å²) in [6.45, 7) is 3.97. The molecule has 0 aliphatic rings. The Morgan fingerprint density at radius 3 is 2.54 bits per heavy atom. The van der Waals surface area contributed by atoms with Crippen LogP contribution in [0.4, 0.5) is 0 Å². The first-order valence-electron chi connectivity index (χ1n) is 5.12. The lowest BCUT2D eigenvalue weighted by molar-refractivity contribution is 0.178. The minimum Gasteiger partial charge on any atom is -0.393 e. The summed E-state index contributed by atoms with van der Waals surface area (Å²) < 4.78 is 0. The largest absolute Gasteiger partial charge is 0.393 e. The molecule has 0 heterocycles. The van der Waals surface area contributed by atoms with Crippen LogP contribution in [0.3, 0.4) is 0 Å². The Morgan fingerprint density at radius 1 is 1.38 bits per heavy atom. The number of aliphatic hydroxyl groups excluding tert-OH is 1. The molecule has 3 nitrogen and oxygen atoms in total. The van der Waals surface area contributed by atoms with Crippen LogP contribution in [0.5, 0.6) is 0 Å². The van der Waals surface area contributed by atoms with Crippen LogP contribution >= 0.6 is 0 Å². The molecule has 0 rings (SSSR count). The van der Waals surface area contributed by atoms with Gasteiger partial charge in [-0.05, 0) is 26.2 Å². The molecular weight excluding hydrogens is 164 g/mol. The molecule has 0 aliphatic carbocycles. The Labute approximate surface area is 81.1 Å². The zero-order chi connectivity index (χ0) is 10.1. The predicted molar refractivity (Wildman–Crippen MR) is 56.9 cm³/mol. The quantitative estimate of drug-likeness (QED) is 0.469. The van der Waals surface area contributed by atoms with Crippen molar-refractivity contribution in [3.63, 3.8) is 0 Å². The first kappa shape index (κ1) is 12.4. The highest BCUT2D eigenvalue weighted by molar-refractivity contribution is 5.51. The molecule has 2 atom stereocenters. The Kier molecular flexibility index (Phi) is 7.69. The van der Waals surface area contributed by atoms with E-state index >= 15 is 0 Å². The lowest BCUT2D eigenvalue weighted by Gasteiger charge is -2.12. The maximum Gasteiger partial charge on any atom is 0.0801 e. The highest BCUT2D eigenvalue weighted by atomic mass is 16.3. The normalized spacial score (nSPS) is 16.2. The van der Waals surface area contributed by atoms with Gasteiger partial charge in [-0.15, -0.1) is 0 Å². The predicted octanol–water partition coefficient (Wildman–Crippen LogP) is 1.69. The van der Waals surface area contributed by atoms with Crippen LogP contribution < -0.4 is 5.73 Å². The molecule has 0 aromatic rings. The lowest BCUT2D eigenvalue weighted by Crippen LogP contribution is -2.11. The standard InChI is InChI=1S/C10H22N2O/c1-3-4-5-10(12-8-11)7-6-9(2)13/h8-10,13H,3-7H2,1-2H3,(H2,11,12). The highest BCUT2D eigenvalue weighted by Crippen LogP contribution is 2.11. The van der Waals surface area contributed by atoms with E-state index in [0.29, 0.717) is 6.04 Å². The van der Waals surface area contributed by atoms with Gasteiger partial charge < -0.3 is 10.8 Å². The van der Waals surface area contributed by atoms with Gasteiger partial charge in [0.15, 0.2) is 0 Å². The first-order valence-corrected chi connectivity index (χ1v) is 5.12. The number of rotatable bonds is 7. The van der Waals surface area contributed by atoms with E-state index in [9.17, 15) is 0 Å². The van der Waals surface area contributed by atoms with Gasteiger partial charge in [0.2, 0.25) is 0 Å². The summed E-state index contributed by atoms with van der Waals surface area (Å²) in [4.78, 5) is 4.18. The summed E-state index contributed by atoms with van der Waals surface area (Å²) in [7, 11) is 0. The van der Waals surface area contributed by atoms with Crippen LogP contribution in [-0.4, -0.2) is 23.6 Å². The van der Waals surface area contributed by atoms with Crippen molar-refractivity contribution in [2.24, 2.45) is 10.7 Å². The minimum absolute atomic E-state index is 0.225. The summed E-state index contributed by atoms with van der Waals surface area (Å²) in [5.74, 6) is 0. The van der Waals surface area contributed by atoms with Crippen molar-refractivity contribution in [2.45, 2.75) is 58.1 Å². The van der Waals surface area contributed by atoms with Crippen molar-refractivity contribution in [3.05, 3.63) is 0 Å². The van der Waals surface area contributed by atoms with Gasteiger partial charge in [-0.1, -0.05) is 19.8 Å². The van der Waals surface area contributed by atoms with Crippen LogP contribution in [0.15, 0.2) is 4.99 Å². The van der Waals surface area contributed by atoms with Crippen LogP contribution in [0.1, 0.15) is 46.0 Å². The van der Waals surface area contributed by atoms with Crippen molar-refractivity contribution in [3.8, 4) is 0 Å². The molecule has 0 saturated carbocycles. The molecule has 78 valence electrons. The van der Waals surface area contributed by atoms with E-state index < -0.39 is 0 Å². The third-order valence-corrected chi connectivity index (χ3v) is 2.11. The van der Waals surface area contributed by atoms with Gasteiger partial charge in [-0.2, -0.15) is 0 Å². The third-order valence-electron chi connectivity index (χ3n) is 2.11. The molecule has 0 radical (unpaired) electrons. The number of aliphatic imine (C=N–C) groups is 1. The van der Waals surface area contributed by atoms with Crippen molar-refractivity contribution in [2.75, 3.05) is 0 Å². The van der Waals surface area contributed by atoms with Gasteiger partial charge in [0.1, 0.15) is 0 Å². The summed E-state index contributed by atoms with van der Waals surface area (Å²) in [5, 5.41) is 9.11. The molecular formula is C10H22N2O. The summed E-state index contributed by atoms with van der Waals surface area (Å²) in [6.07, 6.45) is 6.35.